The Bertz CT molecular complexity index is 362. The first-order valence-electron chi connectivity index (χ1n) is 5.38. The van der Waals surface area contributed by atoms with E-state index >= 15 is 0 Å². The molecular formula is C12H18Cl2N2S. The summed E-state index contributed by atoms with van der Waals surface area (Å²) in [7, 11) is 2.10. The lowest BCUT2D eigenvalue weighted by molar-refractivity contribution is 0.270. The highest BCUT2D eigenvalue weighted by Gasteiger charge is 2.11. The van der Waals surface area contributed by atoms with E-state index in [1.807, 2.05) is 23.9 Å². The minimum Gasteiger partial charge on any atom is -0.396 e. The number of thioether (sulfide) groups is 1. The van der Waals surface area contributed by atoms with Gasteiger partial charge < -0.3 is 5.73 Å². The number of hydrogen-bond donors (Lipinski definition) is 1. The molecular weight excluding hydrogens is 275 g/mol. The summed E-state index contributed by atoms with van der Waals surface area (Å²) in [5, 5.41) is 1.05. The maximum Gasteiger partial charge on any atom is 0.0693 e. The Kier molecular flexibility index (Phi) is 5.93. The van der Waals surface area contributed by atoms with Crippen molar-refractivity contribution in [1.82, 2.24) is 4.90 Å². The molecule has 0 spiro atoms. The van der Waals surface area contributed by atoms with Crippen LogP contribution < -0.4 is 5.73 Å². The van der Waals surface area contributed by atoms with E-state index in [1.54, 1.807) is 0 Å². The van der Waals surface area contributed by atoms with E-state index in [4.69, 9.17) is 28.9 Å². The van der Waals surface area contributed by atoms with Crippen molar-refractivity contribution in [3.05, 3.63) is 27.7 Å². The molecule has 1 atom stereocenters. The zero-order chi connectivity index (χ0) is 13.0. The van der Waals surface area contributed by atoms with Crippen molar-refractivity contribution >= 4 is 40.7 Å². The van der Waals surface area contributed by atoms with Crippen LogP contribution in [0.5, 0.6) is 0 Å². The molecule has 0 saturated heterocycles. The van der Waals surface area contributed by atoms with Gasteiger partial charge in [-0.15, -0.1) is 0 Å². The van der Waals surface area contributed by atoms with E-state index in [9.17, 15) is 0 Å². The lowest BCUT2D eigenvalue weighted by Gasteiger charge is -2.24. The molecule has 96 valence electrons. The zero-order valence-electron chi connectivity index (χ0n) is 10.3. The average molecular weight is 293 g/mol. The molecule has 2 nitrogen and oxygen atoms in total. The monoisotopic (exact) mass is 292 g/mol. The van der Waals surface area contributed by atoms with Crippen LogP contribution in [0.15, 0.2) is 12.1 Å². The molecule has 0 aliphatic carbocycles. The lowest BCUT2D eigenvalue weighted by atomic mass is 10.2. The Balaban J connectivity index is 2.75. The van der Waals surface area contributed by atoms with Crippen molar-refractivity contribution in [2.45, 2.75) is 19.5 Å². The summed E-state index contributed by atoms with van der Waals surface area (Å²) in [5.74, 6) is 1.10. The molecule has 1 unspecified atom stereocenters. The van der Waals surface area contributed by atoms with Crippen LogP contribution in [0.3, 0.4) is 0 Å². The van der Waals surface area contributed by atoms with E-state index in [2.05, 4.69) is 25.1 Å². The summed E-state index contributed by atoms with van der Waals surface area (Å²) in [6.45, 7) is 3.03. The van der Waals surface area contributed by atoms with E-state index in [0.29, 0.717) is 21.8 Å². The van der Waals surface area contributed by atoms with E-state index in [-0.39, 0.29) is 0 Å². The first-order chi connectivity index (χ1) is 7.95. The Morgan fingerprint density at radius 3 is 2.35 bits per heavy atom. The second-order valence-electron chi connectivity index (χ2n) is 4.19. The quantitative estimate of drug-likeness (QED) is 0.838. The van der Waals surface area contributed by atoms with Crippen molar-refractivity contribution < 1.29 is 0 Å². The van der Waals surface area contributed by atoms with E-state index in [1.165, 1.54) is 0 Å². The minimum atomic E-state index is 0.455. The highest BCUT2D eigenvalue weighted by atomic mass is 35.5. The van der Waals surface area contributed by atoms with Crippen LogP contribution >= 0.6 is 35.0 Å². The van der Waals surface area contributed by atoms with Crippen molar-refractivity contribution in [2.24, 2.45) is 0 Å². The fourth-order valence-corrected chi connectivity index (χ4v) is 2.81. The molecule has 5 heteroatoms. The van der Waals surface area contributed by atoms with Crippen molar-refractivity contribution in [3.8, 4) is 0 Å². The van der Waals surface area contributed by atoms with Crippen LogP contribution in [0.4, 0.5) is 5.69 Å². The number of nitrogen functional groups attached to an aromatic ring is 1. The third-order valence-electron chi connectivity index (χ3n) is 2.73. The summed E-state index contributed by atoms with van der Waals surface area (Å²) >= 11 is 13.9. The molecule has 0 radical (unpaired) electrons. The predicted molar refractivity (Wildman–Crippen MR) is 80.2 cm³/mol. The van der Waals surface area contributed by atoms with Gasteiger partial charge in [-0.3, -0.25) is 4.90 Å². The third-order valence-corrected chi connectivity index (χ3v) is 4.17. The summed E-state index contributed by atoms with van der Waals surface area (Å²) in [6.07, 6.45) is 2.11. The van der Waals surface area contributed by atoms with Crippen LogP contribution in [-0.2, 0) is 6.54 Å². The number of nitrogens with two attached hydrogens (primary N) is 1. The first-order valence-corrected chi connectivity index (χ1v) is 7.53. The number of benzene rings is 1. The SMILES string of the molecule is CSCC(C)N(C)Cc1cc(Cl)c(N)c(Cl)c1. The van der Waals surface area contributed by atoms with E-state index in [0.717, 1.165) is 17.9 Å². The number of anilines is 1. The molecule has 1 aromatic rings. The molecule has 0 aliphatic rings. The van der Waals surface area contributed by atoms with Gasteiger partial charge in [0.05, 0.1) is 15.7 Å². The van der Waals surface area contributed by atoms with Gasteiger partial charge in [-0.2, -0.15) is 11.8 Å². The Hall–Kier alpha value is -0.0900. The van der Waals surface area contributed by atoms with Crippen LogP contribution in [0.25, 0.3) is 0 Å². The molecule has 0 fully saturated rings. The van der Waals surface area contributed by atoms with Gasteiger partial charge in [-0.1, -0.05) is 23.2 Å². The van der Waals surface area contributed by atoms with Gasteiger partial charge in [0.2, 0.25) is 0 Å². The van der Waals surface area contributed by atoms with Crippen LogP contribution in [-0.4, -0.2) is 30.0 Å². The Morgan fingerprint density at radius 1 is 1.35 bits per heavy atom. The van der Waals surface area contributed by atoms with Crippen molar-refractivity contribution in [3.63, 3.8) is 0 Å². The van der Waals surface area contributed by atoms with Gasteiger partial charge in [0, 0.05) is 18.3 Å². The fourth-order valence-electron chi connectivity index (χ4n) is 1.54. The number of hydrogen-bond acceptors (Lipinski definition) is 3. The molecule has 17 heavy (non-hydrogen) atoms. The highest BCUT2D eigenvalue weighted by Crippen LogP contribution is 2.29. The van der Waals surface area contributed by atoms with Gasteiger partial charge in [0.15, 0.2) is 0 Å². The zero-order valence-corrected chi connectivity index (χ0v) is 12.7. The molecule has 0 aromatic heterocycles. The van der Waals surface area contributed by atoms with Gasteiger partial charge >= 0.3 is 0 Å². The second kappa shape index (κ2) is 6.74. The third kappa shape index (κ3) is 4.25. The molecule has 1 aromatic carbocycles. The fraction of sp³-hybridized carbons (Fsp3) is 0.500. The van der Waals surface area contributed by atoms with Crippen LogP contribution in [0.2, 0.25) is 10.0 Å². The molecule has 0 aliphatic heterocycles. The van der Waals surface area contributed by atoms with Crippen molar-refractivity contribution in [1.29, 1.82) is 0 Å². The van der Waals surface area contributed by atoms with Crippen molar-refractivity contribution in [2.75, 3.05) is 24.8 Å². The van der Waals surface area contributed by atoms with E-state index < -0.39 is 0 Å². The van der Waals surface area contributed by atoms with Crippen LogP contribution in [0, 0.1) is 0 Å². The largest absolute Gasteiger partial charge is 0.396 e. The molecule has 0 bridgehead atoms. The Labute approximate surface area is 117 Å². The first kappa shape index (κ1) is 15.0. The summed E-state index contributed by atoms with van der Waals surface area (Å²) < 4.78 is 0. The molecule has 0 heterocycles. The maximum atomic E-state index is 6.01. The Morgan fingerprint density at radius 2 is 1.88 bits per heavy atom. The highest BCUT2D eigenvalue weighted by molar-refractivity contribution is 7.98. The number of halogens is 2. The average Bonchev–Trinajstić information content (AvgIpc) is 2.26. The number of nitrogens with zero attached hydrogens (tertiary/aromatic N) is 1. The summed E-state index contributed by atoms with van der Waals surface area (Å²) in [5.41, 5.74) is 7.25. The van der Waals surface area contributed by atoms with Gasteiger partial charge in [-0.05, 0) is 37.9 Å². The lowest BCUT2D eigenvalue weighted by Crippen LogP contribution is -2.30. The molecule has 1 rings (SSSR count). The summed E-state index contributed by atoms with van der Waals surface area (Å²) in [6, 6.07) is 4.27. The predicted octanol–water partition coefficient (Wildman–Crippen LogP) is 3.76. The van der Waals surface area contributed by atoms with Gasteiger partial charge in [0.25, 0.3) is 0 Å². The number of rotatable bonds is 5. The molecule has 0 saturated carbocycles. The standard InChI is InChI=1S/C12H18Cl2N2S/c1-8(7-17-3)16(2)6-9-4-10(13)12(15)11(14)5-9/h4-5,8H,6-7,15H2,1-3H3. The minimum absolute atomic E-state index is 0.455. The normalized spacial score (nSPS) is 13.1. The topological polar surface area (TPSA) is 29.3 Å². The molecule has 2 N–H and O–H groups in total. The summed E-state index contributed by atoms with van der Waals surface area (Å²) in [4.78, 5) is 2.27. The smallest absolute Gasteiger partial charge is 0.0693 e. The molecule has 0 amide bonds. The van der Waals surface area contributed by atoms with Crippen LogP contribution in [0.1, 0.15) is 12.5 Å². The maximum absolute atomic E-state index is 6.01. The van der Waals surface area contributed by atoms with Gasteiger partial charge in [0.1, 0.15) is 0 Å². The second-order valence-corrected chi connectivity index (χ2v) is 5.92. The van der Waals surface area contributed by atoms with Gasteiger partial charge in [-0.25, -0.2) is 0 Å².